The summed E-state index contributed by atoms with van der Waals surface area (Å²) in [4.78, 5) is 0.715. The molecule has 3 heteroatoms. The first kappa shape index (κ1) is 14.4. The molecule has 2 unspecified atom stereocenters. The smallest absolute Gasteiger partial charge is 0.133 e. The van der Waals surface area contributed by atoms with Crippen molar-refractivity contribution in [1.82, 2.24) is 0 Å². The van der Waals surface area contributed by atoms with Crippen LogP contribution in [0.1, 0.15) is 37.7 Å². The van der Waals surface area contributed by atoms with Crippen LogP contribution in [0.5, 0.6) is 5.75 Å². The van der Waals surface area contributed by atoms with Gasteiger partial charge in [-0.15, -0.1) is 0 Å². The van der Waals surface area contributed by atoms with Crippen LogP contribution in [0.15, 0.2) is 22.7 Å². The second kappa shape index (κ2) is 6.95. The van der Waals surface area contributed by atoms with Crippen molar-refractivity contribution in [3.05, 3.63) is 28.2 Å². The van der Waals surface area contributed by atoms with Crippen molar-refractivity contribution in [2.24, 2.45) is 5.92 Å². The summed E-state index contributed by atoms with van der Waals surface area (Å²) in [5.41, 5.74) is 1.41. The number of rotatable bonds is 3. The molecule has 100 valence electrons. The third-order valence-electron chi connectivity index (χ3n) is 3.71. The summed E-state index contributed by atoms with van der Waals surface area (Å²) < 4.78 is 6.33. The van der Waals surface area contributed by atoms with Crippen molar-refractivity contribution in [2.75, 3.05) is 7.11 Å². The zero-order chi connectivity index (χ0) is 13.0. The molecule has 2 atom stereocenters. The molecule has 0 saturated heterocycles. The van der Waals surface area contributed by atoms with E-state index in [2.05, 4.69) is 50.1 Å². The van der Waals surface area contributed by atoms with Gasteiger partial charge in [0, 0.05) is 4.83 Å². The largest absolute Gasteiger partial charge is 0.496 e. The van der Waals surface area contributed by atoms with Crippen LogP contribution in [0.3, 0.4) is 0 Å². The Labute approximate surface area is 127 Å². The number of alkyl halides is 1. The third-order valence-corrected chi connectivity index (χ3v) is 5.16. The van der Waals surface area contributed by atoms with Gasteiger partial charge in [0.25, 0.3) is 0 Å². The van der Waals surface area contributed by atoms with Crippen LogP contribution < -0.4 is 4.74 Å². The topological polar surface area (TPSA) is 9.23 Å². The number of ether oxygens (including phenoxy) is 1. The van der Waals surface area contributed by atoms with Gasteiger partial charge in [-0.3, -0.25) is 0 Å². The summed E-state index contributed by atoms with van der Waals surface area (Å²) in [6.45, 7) is 0. The molecule has 18 heavy (non-hydrogen) atoms. The van der Waals surface area contributed by atoms with Crippen molar-refractivity contribution >= 4 is 31.9 Å². The molecule has 1 fully saturated rings. The summed E-state index contributed by atoms with van der Waals surface area (Å²) >= 11 is 7.37. The molecule has 0 radical (unpaired) electrons. The molecule has 1 aromatic rings. The molecule has 1 nitrogen and oxygen atoms in total. The molecule has 1 saturated carbocycles. The Balaban J connectivity index is 2.01. The van der Waals surface area contributed by atoms with Crippen LogP contribution in [0, 0.1) is 5.92 Å². The summed E-state index contributed by atoms with van der Waals surface area (Å²) in [5, 5.41) is 0. The second-order valence-electron chi connectivity index (χ2n) is 5.16. The number of halogens is 2. The fourth-order valence-electron chi connectivity index (χ4n) is 2.75. The van der Waals surface area contributed by atoms with Crippen molar-refractivity contribution < 1.29 is 4.74 Å². The van der Waals surface area contributed by atoms with Crippen molar-refractivity contribution in [3.8, 4) is 5.75 Å². The van der Waals surface area contributed by atoms with Crippen molar-refractivity contribution in [1.29, 1.82) is 0 Å². The number of methoxy groups -OCH3 is 1. The fraction of sp³-hybridized carbons (Fsp3) is 0.600. The van der Waals surface area contributed by atoms with Gasteiger partial charge in [0.15, 0.2) is 0 Å². The maximum atomic E-state index is 5.27. The lowest BCUT2D eigenvalue weighted by atomic mass is 9.92. The fourth-order valence-corrected chi connectivity index (χ4v) is 4.19. The van der Waals surface area contributed by atoms with Crippen LogP contribution in [-0.2, 0) is 6.42 Å². The van der Waals surface area contributed by atoms with Gasteiger partial charge in [0.05, 0.1) is 11.6 Å². The van der Waals surface area contributed by atoms with Gasteiger partial charge in [-0.2, -0.15) is 0 Å². The van der Waals surface area contributed by atoms with E-state index in [0.717, 1.165) is 16.1 Å². The number of hydrogen-bond acceptors (Lipinski definition) is 1. The molecule has 0 bridgehead atoms. The Morgan fingerprint density at radius 3 is 2.78 bits per heavy atom. The Kier molecular flexibility index (Phi) is 5.56. The normalized spacial score (nSPS) is 24.6. The monoisotopic (exact) mass is 374 g/mol. The lowest BCUT2D eigenvalue weighted by Crippen LogP contribution is -2.08. The zero-order valence-electron chi connectivity index (χ0n) is 10.8. The lowest BCUT2D eigenvalue weighted by Gasteiger charge is -2.16. The van der Waals surface area contributed by atoms with Gasteiger partial charge in [-0.05, 0) is 58.8 Å². The highest BCUT2D eigenvalue weighted by atomic mass is 79.9. The summed E-state index contributed by atoms with van der Waals surface area (Å²) in [6, 6.07) is 6.45. The van der Waals surface area contributed by atoms with Gasteiger partial charge in [0.2, 0.25) is 0 Å². The average Bonchev–Trinajstić information content (AvgIpc) is 2.54. The number of hydrogen-bond donors (Lipinski definition) is 0. The Morgan fingerprint density at radius 1 is 1.28 bits per heavy atom. The van der Waals surface area contributed by atoms with Gasteiger partial charge in [-0.1, -0.05) is 41.3 Å². The molecule has 1 aliphatic rings. The maximum Gasteiger partial charge on any atom is 0.133 e. The third kappa shape index (κ3) is 3.99. The number of benzene rings is 1. The second-order valence-corrected chi connectivity index (χ2v) is 7.31. The van der Waals surface area contributed by atoms with Crippen LogP contribution in [0.2, 0.25) is 0 Å². The SMILES string of the molecule is COc1ccc(CC2CCCCC(Br)C2)cc1Br. The Bertz CT molecular complexity index is 392. The van der Waals surface area contributed by atoms with Crippen LogP contribution in [-0.4, -0.2) is 11.9 Å². The van der Waals surface area contributed by atoms with E-state index < -0.39 is 0 Å². The maximum absolute atomic E-state index is 5.27. The van der Waals surface area contributed by atoms with Crippen LogP contribution in [0.25, 0.3) is 0 Å². The van der Waals surface area contributed by atoms with E-state index in [1.165, 1.54) is 44.1 Å². The van der Waals surface area contributed by atoms with E-state index >= 15 is 0 Å². The summed E-state index contributed by atoms with van der Waals surface area (Å²) in [6.07, 6.45) is 7.95. The Hall–Kier alpha value is -0.0200. The highest BCUT2D eigenvalue weighted by Crippen LogP contribution is 2.32. The highest BCUT2D eigenvalue weighted by molar-refractivity contribution is 9.10. The molecule has 0 heterocycles. The first-order chi connectivity index (χ1) is 8.69. The van der Waals surface area contributed by atoms with Crippen LogP contribution >= 0.6 is 31.9 Å². The minimum Gasteiger partial charge on any atom is -0.496 e. The molecule has 0 aliphatic heterocycles. The van der Waals surface area contributed by atoms with Gasteiger partial charge < -0.3 is 4.74 Å². The van der Waals surface area contributed by atoms with E-state index in [4.69, 9.17) is 4.74 Å². The van der Waals surface area contributed by atoms with Crippen molar-refractivity contribution in [3.63, 3.8) is 0 Å². The Morgan fingerprint density at radius 2 is 2.06 bits per heavy atom. The molecule has 0 amide bonds. The predicted molar refractivity (Wildman–Crippen MR) is 83.7 cm³/mol. The average molecular weight is 376 g/mol. The van der Waals surface area contributed by atoms with E-state index in [1.807, 2.05) is 0 Å². The van der Waals surface area contributed by atoms with Crippen molar-refractivity contribution in [2.45, 2.75) is 43.4 Å². The zero-order valence-corrected chi connectivity index (χ0v) is 14.0. The first-order valence-corrected chi connectivity index (χ1v) is 8.36. The van der Waals surface area contributed by atoms with E-state index in [0.29, 0.717) is 4.83 Å². The molecular weight excluding hydrogens is 356 g/mol. The van der Waals surface area contributed by atoms with Crippen LogP contribution in [0.4, 0.5) is 0 Å². The molecular formula is C15H20Br2O. The molecule has 0 aromatic heterocycles. The molecule has 2 rings (SSSR count). The summed E-state index contributed by atoms with van der Waals surface area (Å²) in [7, 11) is 1.71. The van der Waals surface area contributed by atoms with E-state index in [-0.39, 0.29) is 0 Å². The van der Waals surface area contributed by atoms with Gasteiger partial charge >= 0.3 is 0 Å². The van der Waals surface area contributed by atoms with Gasteiger partial charge in [-0.25, -0.2) is 0 Å². The molecule has 1 aliphatic carbocycles. The molecule has 0 spiro atoms. The molecule has 1 aromatic carbocycles. The lowest BCUT2D eigenvalue weighted by molar-refractivity contribution is 0.411. The van der Waals surface area contributed by atoms with E-state index in [1.54, 1.807) is 7.11 Å². The van der Waals surface area contributed by atoms with E-state index in [9.17, 15) is 0 Å². The minimum atomic E-state index is 0.715. The first-order valence-electron chi connectivity index (χ1n) is 6.65. The molecule has 0 N–H and O–H groups in total. The predicted octanol–water partition coefficient (Wildman–Crippen LogP) is 5.34. The highest BCUT2D eigenvalue weighted by Gasteiger charge is 2.18. The summed E-state index contributed by atoms with van der Waals surface area (Å²) in [5.74, 6) is 1.73. The standard InChI is InChI=1S/C15H20Br2O/c1-18-15-7-6-12(10-14(15)17)8-11-4-2-3-5-13(16)9-11/h6-7,10-11,13H,2-5,8-9H2,1H3. The van der Waals surface area contributed by atoms with Gasteiger partial charge in [0.1, 0.15) is 5.75 Å². The minimum absolute atomic E-state index is 0.715. The quantitative estimate of drug-likeness (QED) is 0.511.